The van der Waals surface area contributed by atoms with Gasteiger partial charge in [0.15, 0.2) is 11.5 Å². The molecule has 0 aliphatic heterocycles. The van der Waals surface area contributed by atoms with E-state index in [1.807, 2.05) is 12.1 Å². The van der Waals surface area contributed by atoms with Gasteiger partial charge >= 0.3 is 5.97 Å². The molecule has 0 spiro atoms. The lowest BCUT2D eigenvalue weighted by molar-refractivity contribution is -0.145. The number of esters is 1. The van der Waals surface area contributed by atoms with E-state index in [-0.39, 0.29) is 5.97 Å². The van der Waals surface area contributed by atoms with E-state index in [1.54, 1.807) is 21.3 Å². The molecule has 0 aliphatic rings. The second-order valence-electron chi connectivity index (χ2n) is 6.13. The summed E-state index contributed by atoms with van der Waals surface area (Å²) < 4.78 is 21.4. The summed E-state index contributed by atoms with van der Waals surface area (Å²) >= 11 is 0. The molecule has 0 bridgehead atoms. The first-order valence-electron chi connectivity index (χ1n) is 9.03. The average molecular weight is 352 g/mol. The lowest BCUT2D eigenvalue weighted by atomic mass is 10.0. The Kier molecular flexibility index (Phi) is 9.81. The van der Waals surface area contributed by atoms with Crippen LogP contribution in [0.2, 0.25) is 0 Å². The van der Waals surface area contributed by atoms with Crippen LogP contribution in [0.1, 0.15) is 51.5 Å². The average Bonchev–Trinajstić information content (AvgIpc) is 2.65. The minimum absolute atomic E-state index is 0.163. The molecule has 25 heavy (non-hydrogen) atoms. The number of hydrogen-bond donors (Lipinski definition) is 0. The number of benzene rings is 1. The molecular formula is C20H32O5. The zero-order valence-electron chi connectivity index (χ0n) is 16.2. The third-order valence-corrected chi connectivity index (χ3v) is 4.37. The van der Waals surface area contributed by atoms with Crippen LogP contribution in [0.25, 0.3) is 0 Å². The Balaban J connectivity index is 2.58. The van der Waals surface area contributed by atoms with Crippen molar-refractivity contribution < 1.29 is 23.7 Å². The van der Waals surface area contributed by atoms with E-state index in [9.17, 15) is 4.79 Å². The highest BCUT2D eigenvalue weighted by atomic mass is 16.5. The lowest BCUT2D eigenvalue weighted by Crippen LogP contribution is -2.14. The molecule has 0 radical (unpaired) electrons. The SMILES string of the molecule is CCCCC(CC)COC(=O)CCc1cc(OC)c(OC)c(OC)c1. The van der Waals surface area contributed by atoms with Crippen LogP contribution in [0.3, 0.4) is 0 Å². The minimum Gasteiger partial charge on any atom is -0.493 e. The van der Waals surface area contributed by atoms with Crippen molar-refractivity contribution in [1.29, 1.82) is 0 Å². The molecule has 0 aliphatic carbocycles. The Morgan fingerprint density at radius 2 is 1.68 bits per heavy atom. The predicted molar refractivity (Wildman–Crippen MR) is 98.7 cm³/mol. The van der Waals surface area contributed by atoms with Gasteiger partial charge in [0.1, 0.15) is 0 Å². The molecule has 142 valence electrons. The summed E-state index contributed by atoms with van der Waals surface area (Å²) in [5.74, 6) is 2.04. The first kappa shape index (κ1) is 21.1. The van der Waals surface area contributed by atoms with E-state index in [0.717, 1.165) is 18.4 Å². The molecule has 0 aromatic heterocycles. The van der Waals surface area contributed by atoms with Crippen LogP contribution in [0.4, 0.5) is 0 Å². The molecule has 5 heteroatoms. The summed E-state index contributed by atoms with van der Waals surface area (Å²) in [5.41, 5.74) is 0.949. The second-order valence-corrected chi connectivity index (χ2v) is 6.13. The van der Waals surface area contributed by atoms with Crippen LogP contribution in [0, 0.1) is 5.92 Å². The quantitative estimate of drug-likeness (QED) is 0.522. The van der Waals surface area contributed by atoms with Crippen LogP contribution in [-0.4, -0.2) is 33.9 Å². The van der Waals surface area contributed by atoms with E-state index in [0.29, 0.717) is 42.6 Å². The Morgan fingerprint density at radius 3 is 2.16 bits per heavy atom. The smallest absolute Gasteiger partial charge is 0.306 e. The molecule has 1 rings (SSSR count). The molecule has 0 amide bonds. The fourth-order valence-electron chi connectivity index (χ4n) is 2.71. The van der Waals surface area contributed by atoms with Gasteiger partial charge in [-0.3, -0.25) is 4.79 Å². The van der Waals surface area contributed by atoms with Crippen molar-refractivity contribution in [2.45, 2.75) is 52.4 Å². The van der Waals surface area contributed by atoms with Crippen LogP contribution in [0.15, 0.2) is 12.1 Å². The number of aryl methyl sites for hydroxylation is 1. The Labute approximate surface area is 151 Å². The van der Waals surface area contributed by atoms with Crippen LogP contribution >= 0.6 is 0 Å². The maximum Gasteiger partial charge on any atom is 0.306 e. The normalized spacial score (nSPS) is 11.7. The van der Waals surface area contributed by atoms with E-state index in [1.165, 1.54) is 12.8 Å². The molecule has 0 saturated carbocycles. The molecule has 1 aromatic rings. The van der Waals surface area contributed by atoms with Crippen molar-refractivity contribution in [2.24, 2.45) is 5.92 Å². The third kappa shape index (κ3) is 6.85. The predicted octanol–water partition coefficient (Wildman–Crippen LogP) is 4.40. The van der Waals surface area contributed by atoms with Gasteiger partial charge in [0.2, 0.25) is 5.75 Å². The van der Waals surface area contributed by atoms with E-state index in [2.05, 4.69) is 13.8 Å². The molecule has 0 N–H and O–H groups in total. The number of hydrogen-bond acceptors (Lipinski definition) is 5. The number of carbonyl (C=O) groups is 1. The summed E-state index contributed by atoms with van der Waals surface area (Å²) in [6.07, 6.45) is 5.42. The zero-order chi connectivity index (χ0) is 18.7. The van der Waals surface area contributed by atoms with Crippen LogP contribution in [0.5, 0.6) is 17.2 Å². The summed E-state index contributed by atoms with van der Waals surface area (Å²) in [6, 6.07) is 3.73. The van der Waals surface area contributed by atoms with Crippen molar-refractivity contribution in [3.05, 3.63) is 17.7 Å². The van der Waals surface area contributed by atoms with Gasteiger partial charge in [-0.05, 0) is 36.5 Å². The number of ether oxygens (including phenoxy) is 4. The minimum atomic E-state index is -0.163. The third-order valence-electron chi connectivity index (χ3n) is 4.37. The van der Waals surface area contributed by atoms with Gasteiger partial charge in [-0.1, -0.05) is 33.1 Å². The zero-order valence-corrected chi connectivity index (χ0v) is 16.2. The van der Waals surface area contributed by atoms with Crippen molar-refractivity contribution in [3.63, 3.8) is 0 Å². The van der Waals surface area contributed by atoms with Crippen molar-refractivity contribution >= 4 is 5.97 Å². The molecule has 0 fully saturated rings. The van der Waals surface area contributed by atoms with E-state index >= 15 is 0 Å². The van der Waals surface area contributed by atoms with Crippen molar-refractivity contribution in [2.75, 3.05) is 27.9 Å². The van der Waals surface area contributed by atoms with E-state index in [4.69, 9.17) is 18.9 Å². The fraction of sp³-hybridized carbons (Fsp3) is 0.650. The largest absolute Gasteiger partial charge is 0.493 e. The van der Waals surface area contributed by atoms with Gasteiger partial charge in [-0.2, -0.15) is 0 Å². The Morgan fingerprint density at radius 1 is 1.04 bits per heavy atom. The molecule has 1 unspecified atom stereocenters. The monoisotopic (exact) mass is 352 g/mol. The Hall–Kier alpha value is -1.91. The van der Waals surface area contributed by atoms with Crippen LogP contribution in [-0.2, 0) is 16.0 Å². The van der Waals surface area contributed by atoms with Crippen molar-refractivity contribution in [3.8, 4) is 17.2 Å². The first-order chi connectivity index (χ1) is 12.1. The number of methoxy groups -OCH3 is 3. The summed E-state index contributed by atoms with van der Waals surface area (Å²) in [6.45, 7) is 4.84. The fourth-order valence-corrected chi connectivity index (χ4v) is 2.71. The maximum atomic E-state index is 12.0. The van der Waals surface area contributed by atoms with Gasteiger partial charge in [-0.25, -0.2) is 0 Å². The number of rotatable bonds is 12. The standard InChI is InChI=1S/C20H32O5/c1-6-8-9-15(7-2)14-25-19(21)11-10-16-12-17(22-3)20(24-5)18(13-16)23-4/h12-13,15H,6-11,14H2,1-5H3. The topological polar surface area (TPSA) is 54.0 Å². The Bertz CT molecular complexity index is 502. The van der Waals surface area contributed by atoms with E-state index < -0.39 is 0 Å². The molecule has 5 nitrogen and oxygen atoms in total. The molecule has 1 atom stereocenters. The number of carbonyl (C=O) groups excluding carboxylic acids is 1. The first-order valence-corrected chi connectivity index (χ1v) is 9.03. The van der Waals surface area contributed by atoms with Gasteiger partial charge < -0.3 is 18.9 Å². The maximum absolute atomic E-state index is 12.0. The van der Waals surface area contributed by atoms with Gasteiger partial charge in [0.25, 0.3) is 0 Å². The highest BCUT2D eigenvalue weighted by Gasteiger charge is 2.15. The lowest BCUT2D eigenvalue weighted by Gasteiger charge is -2.15. The summed E-state index contributed by atoms with van der Waals surface area (Å²) in [4.78, 5) is 12.0. The van der Waals surface area contributed by atoms with Crippen LogP contribution < -0.4 is 14.2 Å². The number of unbranched alkanes of at least 4 members (excludes halogenated alkanes) is 1. The molecule has 0 saturated heterocycles. The molecule has 0 heterocycles. The highest BCUT2D eigenvalue weighted by Crippen LogP contribution is 2.38. The summed E-state index contributed by atoms with van der Waals surface area (Å²) in [5, 5.41) is 0. The van der Waals surface area contributed by atoms with Gasteiger partial charge in [0.05, 0.1) is 27.9 Å². The van der Waals surface area contributed by atoms with Crippen molar-refractivity contribution in [1.82, 2.24) is 0 Å². The molecule has 1 aromatic carbocycles. The summed E-state index contributed by atoms with van der Waals surface area (Å²) in [7, 11) is 4.73. The highest BCUT2D eigenvalue weighted by molar-refractivity contribution is 5.70. The second kappa shape index (κ2) is 11.6. The molecular weight excluding hydrogens is 320 g/mol. The van der Waals surface area contributed by atoms with Gasteiger partial charge in [0, 0.05) is 6.42 Å². The van der Waals surface area contributed by atoms with Gasteiger partial charge in [-0.15, -0.1) is 0 Å².